The third-order valence-corrected chi connectivity index (χ3v) is 7.64. The molecule has 2 aliphatic rings. The summed E-state index contributed by atoms with van der Waals surface area (Å²) in [7, 11) is -2.12. The standard InChI is InChI=1S/C21H23ClN2O4S/c1-28-17-8-2-14(3-9-17)19-12-24(13-20(19)21(25)23-16-6-7-16)29(26,27)18-10-4-15(22)5-11-18/h2-5,8-11,16,19-20H,6-7,12-13H2,1H3,(H,23,25). The van der Waals surface area contributed by atoms with Gasteiger partial charge in [0, 0.05) is 30.1 Å². The lowest BCUT2D eigenvalue weighted by molar-refractivity contribution is -0.125. The highest BCUT2D eigenvalue weighted by atomic mass is 35.5. The van der Waals surface area contributed by atoms with Gasteiger partial charge in [-0.25, -0.2) is 8.42 Å². The van der Waals surface area contributed by atoms with E-state index in [-0.39, 0.29) is 35.9 Å². The predicted octanol–water partition coefficient (Wildman–Crippen LogP) is 3.03. The first-order chi connectivity index (χ1) is 13.9. The van der Waals surface area contributed by atoms with Crippen LogP contribution >= 0.6 is 11.6 Å². The number of hydrogen-bond donors (Lipinski definition) is 1. The fraction of sp³-hybridized carbons (Fsp3) is 0.381. The summed E-state index contributed by atoms with van der Waals surface area (Å²) in [5.74, 6) is -0.0219. The Morgan fingerprint density at radius 2 is 1.72 bits per heavy atom. The number of benzene rings is 2. The van der Waals surface area contributed by atoms with E-state index in [1.54, 1.807) is 19.2 Å². The highest BCUT2D eigenvalue weighted by molar-refractivity contribution is 7.89. The lowest BCUT2D eigenvalue weighted by Crippen LogP contribution is -2.36. The summed E-state index contributed by atoms with van der Waals surface area (Å²) in [5, 5.41) is 3.51. The molecule has 0 radical (unpaired) electrons. The minimum atomic E-state index is -3.72. The molecule has 154 valence electrons. The molecule has 0 spiro atoms. The summed E-state index contributed by atoms with van der Waals surface area (Å²) < 4.78 is 32.9. The number of methoxy groups -OCH3 is 1. The average Bonchev–Trinajstić information content (AvgIpc) is 3.41. The van der Waals surface area contributed by atoms with E-state index in [2.05, 4.69) is 5.32 Å². The molecule has 29 heavy (non-hydrogen) atoms. The molecular formula is C21H23ClN2O4S. The maximum Gasteiger partial charge on any atom is 0.243 e. The van der Waals surface area contributed by atoms with Crippen LogP contribution < -0.4 is 10.1 Å². The maximum absolute atomic E-state index is 13.2. The number of carbonyl (C=O) groups excluding carboxylic acids is 1. The molecule has 2 unspecified atom stereocenters. The SMILES string of the molecule is COc1ccc(C2CN(S(=O)(=O)c3ccc(Cl)cc3)CC2C(=O)NC2CC2)cc1. The fourth-order valence-corrected chi connectivity index (χ4v) is 5.33. The van der Waals surface area contributed by atoms with Gasteiger partial charge in [0.05, 0.1) is 17.9 Å². The van der Waals surface area contributed by atoms with Gasteiger partial charge < -0.3 is 10.1 Å². The predicted molar refractivity (Wildman–Crippen MR) is 111 cm³/mol. The van der Waals surface area contributed by atoms with Crippen LogP contribution in [0, 0.1) is 5.92 Å². The topological polar surface area (TPSA) is 75.7 Å². The van der Waals surface area contributed by atoms with Gasteiger partial charge in [-0.3, -0.25) is 4.79 Å². The number of nitrogens with one attached hydrogen (secondary N) is 1. The Hall–Kier alpha value is -2.09. The first-order valence-corrected chi connectivity index (χ1v) is 11.4. The normalized spacial score (nSPS) is 22.4. The number of halogens is 1. The molecule has 6 nitrogen and oxygen atoms in total. The molecule has 0 bridgehead atoms. The Bertz CT molecular complexity index is 988. The molecular weight excluding hydrogens is 412 g/mol. The van der Waals surface area contributed by atoms with Crippen molar-refractivity contribution in [2.75, 3.05) is 20.2 Å². The Morgan fingerprint density at radius 1 is 1.07 bits per heavy atom. The van der Waals surface area contributed by atoms with Crippen LogP contribution in [0.3, 0.4) is 0 Å². The van der Waals surface area contributed by atoms with Crippen molar-refractivity contribution in [1.82, 2.24) is 9.62 Å². The van der Waals surface area contributed by atoms with E-state index in [0.29, 0.717) is 5.02 Å². The van der Waals surface area contributed by atoms with Crippen LogP contribution in [0.2, 0.25) is 5.02 Å². The van der Waals surface area contributed by atoms with E-state index >= 15 is 0 Å². The molecule has 1 N–H and O–H groups in total. The van der Waals surface area contributed by atoms with E-state index in [9.17, 15) is 13.2 Å². The van der Waals surface area contributed by atoms with Gasteiger partial charge in [-0.2, -0.15) is 4.31 Å². The Labute approximate surface area is 175 Å². The summed E-state index contributed by atoms with van der Waals surface area (Å²) in [6.45, 7) is 0.403. The lowest BCUT2D eigenvalue weighted by Gasteiger charge is -2.18. The molecule has 8 heteroatoms. The van der Waals surface area contributed by atoms with Gasteiger partial charge in [0.25, 0.3) is 0 Å². The van der Waals surface area contributed by atoms with Crippen LogP contribution in [0.4, 0.5) is 0 Å². The molecule has 1 amide bonds. The van der Waals surface area contributed by atoms with Crippen molar-refractivity contribution in [3.63, 3.8) is 0 Å². The monoisotopic (exact) mass is 434 g/mol. The summed E-state index contributed by atoms with van der Waals surface area (Å²) in [6, 6.07) is 13.8. The van der Waals surface area contributed by atoms with Crippen LogP contribution in [0.5, 0.6) is 5.75 Å². The second kappa shape index (κ2) is 7.97. The molecule has 2 aromatic carbocycles. The van der Waals surface area contributed by atoms with Gasteiger partial charge in [-0.15, -0.1) is 0 Å². The van der Waals surface area contributed by atoms with E-state index in [1.807, 2.05) is 24.3 Å². The summed E-state index contributed by atoms with van der Waals surface area (Å²) in [4.78, 5) is 13.1. The largest absolute Gasteiger partial charge is 0.497 e. The molecule has 2 aromatic rings. The zero-order valence-corrected chi connectivity index (χ0v) is 17.6. The molecule has 1 aliphatic carbocycles. The Balaban J connectivity index is 1.63. The number of ether oxygens (including phenoxy) is 1. The smallest absolute Gasteiger partial charge is 0.243 e. The zero-order chi connectivity index (χ0) is 20.6. The van der Waals surface area contributed by atoms with E-state index in [0.717, 1.165) is 24.2 Å². The summed E-state index contributed by atoms with van der Waals surface area (Å²) in [5.41, 5.74) is 0.926. The van der Waals surface area contributed by atoms with Crippen LogP contribution in [-0.4, -0.2) is 44.9 Å². The molecule has 2 fully saturated rings. The third-order valence-electron chi connectivity index (χ3n) is 5.54. The maximum atomic E-state index is 13.2. The molecule has 1 aliphatic heterocycles. The van der Waals surface area contributed by atoms with Gasteiger partial charge in [-0.05, 0) is 54.8 Å². The van der Waals surface area contributed by atoms with Crippen molar-refractivity contribution in [2.24, 2.45) is 5.92 Å². The number of sulfonamides is 1. The van der Waals surface area contributed by atoms with Crippen LogP contribution in [0.15, 0.2) is 53.4 Å². The van der Waals surface area contributed by atoms with Crippen molar-refractivity contribution in [1.29, 1.82) is 0 Å². The summed E-state index contributed by atoms with van der Waals surface area (Å²) >= 11 is 5.90. The average molecular weight is 435 g/mol. The fourth-order valence-electron chi connectivity index (χ4n) is 3.71. The first-order valence-electron chi connectivity index (χ1n) is 9.58. The second-order valence-electron chi connectivity index (χ2n) is 7.54. The Morgan fingerprint density at radius 3 is 2.31 bits per heavy atom. The van der Waals surface area contributed by atoms with Gasteiger partial charge in [0.1, 0.15) is 5.75 Å². The molecule has 2 atom stereocenters. The van der Waals surface area contributed by atoms with Gasteiger partial charge >= 0.3 is 0 Å². The minimum absolute atomic E-state index is 0.0814. The second-order valence-corrected chi connectivity index (χ2v) is 9.92. The molecule has 0 aromatic heterocycles. The third kappa shape index (κ3) is 4.27. The molecule has 4 rings (SSSR count). The molecule has 1 heterocycles. The number of hydrogen-bond acceptors (Lipinski definition) is 4. The molecule has 1 saturated heterocycles. The Kier molecular flexibility index (Phi) is 5.55. The highest BCUT2D eigenvalue weighted by Gasteiger charge is 2.44. The van der Waals surface area contributed by atoms with E-state index < -0.39 is 15.9 Å². The zero-order valence-electron chi connectivity index (χ0n) is 16.0. The number of nitrogens with zero attached hydrogens (tertiary/aromatic N) is 1. The van der Waals surface area contributed by atoms with Crippen molar-refractivity contribution >= 4 is 27.5 Å². The van der Waals surface area contributed by atoms with Crippen LogP contribution in [-0.2, 0) is 14.8 Å². The lowest BCUT2D eigenvalue weighted by atomic mass is 9.88. The number of carbonyl (C=O) groups is 1. The van der Waals surface area contributed by atoms with E-state index in [4.69, 9.17) is 16.3 Å². The van der Waals surface area contributed by atoms with Crippen molar-refractivity contribution in [3.8, 4) is 5.75 Å². The van der Waals surface area contributed by atoms with Crippen LogP contribution in [0.25, 0.3) is 0 Å². The molecule has 1 saturated carbocycles. The van der Waals surface area contributed by atoms with Crippen molar-refractivity contribution in [3.05, 3.63) is 59.1 Å². The van der Waals surface area contributed by atoms with Crippen LogP contribution in [0.1, 0.15) is 24.3 Å². The van der Waals surface area contributed by atoms with Crippen molar-refractivity contribution < 1.29 is 17.9 Å². The quantitative estimate of drug-likeness (QED) is 0.758. The van der Waals surface area contributed by atoms with Gasteiger partial charge in [-0.1, -0.05) is 23.7 Å². The minimum Gasteiger partial charge on any atom is -0.497 e. The van der Waals surface area contributed by atoms with Gasteiger partial charge in [0.2, 0.25) is 15.9 Å². The number of amides is 1. The number of rotatable bonds is 6. The summed E-state index contributed by atoms with van der Waals surface area (Å²) in [6.07, 6.45) is 1.97. The van der Waals surface area contributed by atoms with Crippen molar-refractivity contribution in [2.45, 2.75) is 29.7 Å². The van der Waals surface area contributed by atoms with E-state index in [1.165, 1.54) is 16.4 Å². The highest BCUT2D eigenvalue weighted by Crippen LogP contribution is 2.37. The first kappa shape index (κ1) is 20.2. The van der Waals surface area contributed by atoms with Gasteiger partial charge in [0.15, 0.2) is 0 Å².